The number of thiazole rings is 1. The van der Waals surface area contributed by atoms with Gasteiger partial charge in [-0.3, -0.25) is 4.90 Å². The maximum Gasteiger partial charge on any atom is 0.232 e. The van der Waals surface area contributed by atoms with Gasteiger partial charge in [-0.05, 0) is 38.3 Å². The Morgan fingerprint density at radius 3 is 2.92 bits per heavy atom. The topological polar surface area (TPSA) is 55.1 Å². The molecule has 0 saturated carbocycles. The molecular formula is C20H22N4OS. The molecule has 0 bridgehead atoms. The maximum atomic E-state index is 5.56. The van der Waals surface area contributed by atoms with Crippen molar-refractivity contribution in [2.75, 3.05) is 6.54 Å². The van der Waals surface area contributed by atoms with Crippen molar-refractivity contribution in [2.24, 2.45) is 0 Å². The Labute approximate surface area is 157 Å². The molecule has 0 radical (unpaired) electrons. The van der Waals surface area contributed by atoms with Crippen molar-refractivity contribution in [2.45, 2.75) is 50.6 Å². The van der Waals surface area contributed by atoms with Gasteiger partial charge in [-0.1, -0.05) is 35.5 Å². The molecule has 134 valence electrons. The van der Waals surface area contributed by atoms with E-state index in [4.69, 9.17) is 9.51 Å². The van der Waals surface area contributed by atoms with Crippen molar-refractivity contribution >= 4 is 11.3 Å². The van der Waals surface area contributed by atoms with E-state index in [1.54, 1.807) is 11.3 Å². The van der Waals surface area contributed by atoms with E-state index in [9.17, 15) is 0 Å². The number of aromatic nitrogens is 3. The Bertz CT molecular complexity index is 890. The summed E-state index contributed by atoms with van der Waals surface area (Å²) in [6, 6.07) is 11.8. The lowest BCUT2D eigenvalue weighted by Gasteiger charge is -2.24. The van der Waals surface area contributed by atoms with E-state index >= 15 is 0 Å². The minimum Gasteiger partial charge on any atom is -0.339 e. The van der Waals surface area contributed by atoms with Gasteiger partial charge in [-0.15, -0.1) is 11.3 Å². The van der Waals surface area contributed by atoms with Crippen LogP contribution >= 0.6 is 11.3 Å². The monoisotopic (exact) mass is 366 g/mol. The summed E-state index contributed by atoms with van der Waals surface area (Å²) in [6.45, 7) is 3.19. The summed E-state index contributed by atoms with van der Waals surface area (Å²) < 4.78 is 5.56. The summed E-state index contributed by atoms with van der Waals surface area (Å²) in [4.78, 5) is 11.9. The number of fused-ring (bicyclic) bond motifs is 1. The zero-order valence-corrected chi connectivity index (χ0v) is 15.7. The van der Waals surface area contributed by atoms with E-state index < -0.39 is 0 Å². The van der Waals surface area contributed by atoms with Gasteiger partial charge in [0.15, 0.2) is 5.82 Å². The van der Waals surface area contributed by atoms with Crippen molar-refractivity contribution in [3.8, 4) is 0 Å². The van der Waals surface area contributed by atoms with Crippen LogP contribution < -0.4 is 0 Å². The second kappa shape index (κ2) is 6.59. The molecule has 2 fully saturated rings. The quantitative estimate of drug-likeness (QED) is 0.695. The first-order chi connectivity index (χ1) is 12.8. The Hall–Kier alpha value is -2.05. The molecule has 1 aromatic carbocycles. The van der Waals surface area contributed by atoms with E-state index in [1.807, 2.05) is 6.92 Å². The SMILES string of the molecule is Cc1nc(Cc2nc([C@@H]3C[C@H](c4ccccc4)N4CCC[C@@H]34)no2)cs1. The Balaban J connectivity index is 1.38. The molecule has 0 amide bonds. The normalized spacial score (nSPS) is 25.7. The van der Waals surface area contributed by atoms with Crippen LogP contribution in [0.15, 0.2) is 40.2 Å². The van der Waals surface area contributed by atoms with E-state index in [1.165, 1.54) is 24.9 Å². The van der Waals surface area contributed by atoms with E-state index in [2.05, 4.69) is 50.8 Å². The van der Waals surface area contributed by atoms with Gasteiger partial charge < -0.3 is 4.52 Å². The molecule has 2 saturated heterocycles. The van der Waals surface area contributed by atoms with Crippen LogP contribution in [0.5, 0.6) is 0 Å². The number of benzene rings is 1. The van der Waals surface area contributed by atoms with E-state index in [0.29, 0.717) is 30.3 Å². The van der Waals surface area contributed by atoms with Gasteiger partial charge in [0.2, 0.25) is 5.89 Å². The summed E-state index contributed by atoms with van der Waals surface area (Å²) in [7, 11) is 0. The highest BCUT2D eigenvalue weighted by Crippen LogP contribution is 2.48. The van der Waals surface area contributed by atoms with Crippen LogP contribution in [0, 0.1) is 6.92 Å². The highest BCUT2D eigenvalue weighted by Gasteiger charge is 2.46. The van der Waals surface area contributed by atoms with Gasteiger partial charge in [-0.2, -0.15) is 4.98 Å². The molecule has 3 aromatic rings. The standard InChI is InChI=1S/C20H22N4OS/c1-13-21-15(12-26-13)10-19-22-20(23-25-19)16-11-18(14-6-3-2-4-7-14)24-9-5-8-17(16)24/h2-4,6-7,12,16-18H,5,8-11H2,1H3/t16-,17+,18-/m1/s1. The van der Waals surface area contributed by atoms with Gasteiger partial charge in [0.05, 0.1) is 17.1 Å². The van der Waals surface area contributed by atoms with E-state index in [0.717, 1.165) is 22.9 Å². The predicted octanol–water partition coefficient (Wildman–Crippen LogP) is 4.12. The molecule has 3 atom stereocenters. The molecule has 5 rings (SSSR count). The first kappa shape index (κ1) is 16.1. The molecular weight excluding hydrogens is 344 g/mol. The molecule has 5 nitrogen and oxygen atoms in total. The average Bonchev–Trinajstić information content (AvgIpc) is 3.41. The first-order valence-electron chi connectivity index (χ1n) is 9.32. The number of hydrogen-bond donors (Lipinski definition) is 0. The Kier molecular flexibility index (Phi) is 4.10. The minimum atomic E-state index is 0.359. The van der Waals surface area contributed by atoms with Crippen molar-refractivity contribution < 1.29 is 4.52 Å². The third-order valence-corrected chi connectivity index (χ3v) is 6.51. The van der Waals surface area contributed by atoms with Crippen LogP contribution in [-0.4, -0.2) is 32.6 Å². The molecule has 2 aliphatic rings. The third kappa shape index (κ3) is 2.87. The van der Waals surface area contributed by atoms with Crippen LogP contribution in [0.4, 0.5) is 0 Å². The fraction of sp³-hybridized carbons (Fsp3) is 0.450. The lowest BCUT2D eigenvalue weighted by molar-refractivity contribution is 0.243. The lowest BCUT2D eigenvalue weighted by Crippen LogP contribution is -2.27. The number of nitrogens with zero attached hydrogens (tertiary/aromatic N) is 4. The third-order valence-electron chi connectivity index (χ3n) is 5.68. The predicted molar refractivity (Wildman–Crippen MR) is 100 cm³/mol. The molecule has 2 aromatic heterocycles. The Morgan fingerprint density at radius 2 is 2.12 bits per heavy atom. The van der Waals surface area contributed by atoms with Gasteiger partial charge in [0.1, 0.15) is 0 Å². The smallest absolute Gasteiger partial charge is 0.232 e. The van der Waals surface area contributed by atoms with Crippen LogP contribution in [-0.2, 0) is 6.42 Å². The molecule has 0 aliphatic carbocycles. The molecule has 26 heavy (non-hydrogen) atoms. The number of aryl methyl sites for hydroxylation is 1. The van der Waals surface area contributed by atoms with Gasteiger partial charge in [0, 0.05) is 23.4 Å². The highest BCUT2D eigenvalue weighted by atomic mass is 32.1. The molecule has 4 heterocycles. The summed E-state index contributed by atoms with van der Waals surface area (Å²) in [5.41, 5.74) is 2.42. The van der Waals surface area contributed by atoms with Crippen LogP contribution in [0.25, 0.3) is 0 Å². The maximum absolute atomic E-state index is 5.56. The zero-order chi connectivity index (χ0) is 17.5. The molecule has 0 N–H and O–H groups in total. The van der Waals surface area contributed by atoms with Crippen LogP contribution in [0.3, 0.4) is 0 Å². The van der Waals surface area contributed by atoms with Crippen molar-refractivity contribution in [1.82, 2.24) is 20.0 Å². The summed E-state index contributed by atoms with van der Waals surface area (Å²) in [5, 5.41) is 7.49. The van der Waals surface area contributed by atoms with Crippen molar-refractivity contribution in [1.29, 1.82) is 0 Å². The summed E-state index contributed by atoms with van der Waals surface area (Å²) in [5.74, 6) is 1.91. The largest absolute Gasteiger partial charge is 0.339 e. The van der Waals surface area contributed by atoms with Crippen LogP contribution in [0.2, 0.25) is 0 Å². The van der Waals surface area contributed by atoms with Gasteiger partial charge in [-0.25, -0.2) is 4.98 Å². The fourth-order valence-electron chi connectivity index (χ4n) is 4.58. The molecule has 2 aliphatic heterocycles. The van der Waals surface area contributed by atoms with Crippen molar-refractivity contribution in [3.63, 3.8) is 0 Å². The van der Waals surface area contributed by atoms with Crippen LogP contribution in [0.1, 0.15) is 59.2 Å². The zero-order valence-electron chi connectivity index (χ0n) is 14.8. The molecule has 0 unspecified atom stereocenters. The highest BCUT2D eigenvalue weighted by molar-refractivity contribution is 7.09. The Morgan fingerprint density at radius 1 is 1.23 bits per heavy atom. The van der Waals surface area contributed by atoms with E-state index in [-0.39, 0.29) is 0 Å². The second-order valence-corrected chi connectivity index (χ2v) is 8.36. The molecule has 6 heteroatoms. The second-order valence-electron chi connectivity index (χ2n) is 7.30. The first-order valence-corrected chi connectivity index (χ1v) is 10.2. The van der Waals surface area contributed by atoms with Gasteiger partial charge >= 0.3 is 0 Å². The summed E-state index contributed by atoms with van der Waals surface area (Å²) in [6.07, 6.45) is 4.18. The lowest BCUT2D eigenvalue weighted by atomic mass is 9.94. The molecule has 0 spiro atoms. The summed E-state index contributed by atoms with van der Waals surface area (Å²) >= 11 is 1.66. The minimum absolute atomic E-state index is 0.359. The van der Waals surface area contributed by atoms with Gasteiger partial charge in [0.25, 0.3) is 0 Å². The average molecular weight is 366 g/mol. The van der Waals surface area contributed by atoms with Crippen molar-refractivity contribution in [3.05, 3.63) is 63.7 Å². The fourth-order valence-corrected chi connectivity index (χ4v) is 5.19. The number of hydrogen-bond acceptors (Lipinski definition) is 6. The number of rotatable bonds is 4.